The van der Waals surface area contributed by atoms with Gasteiger partial charge in [0.15, 0.2) is 0 Å². The van der Waals surface area contributed by atoms with Crippen molar-refractivity contribution >= 4 is 11.8 Å². The average molecular weight is 293 g/mol. The predicted molar refractivity (Wildman–Crippen MR) is 64.8 cm³/mol. The lowest BCUT2D eigenvalue weighted by molar-refractivity contribution is -0.157. The molecule has 0 aromatic carbocycles. The first kappa shape index (κ1) is 15.1. The van der Waals surface area contributed by atoms with Gasteiger partial charge >= 0.3 is 6.18 Å². The van der Waals surface area contributed by atoms with E-state index in [9.17, 15) is 22.8 Å². The molecule has 5 nitrogen and oxygen atoms in total. The Bertz CT molecular complexity index is 394. The number of nitrogens with one attached hydrogen (secondary N) is 1. The molecule has 1 N–H and O–H groups in total. The number of likely N-dealkylation sites (tertiary alicyclic amines) is 1. The van der Waals surface area contributed by atoms with Crippen LogP contribution < -0.4 is 5.32 Å². The molecule has 0 saturated carbocycles. The minimum Gasteiger partial charge on any atom is -0.341 e. The summed E-state index contributed by atoms with van der Waals surface area (Å²) >= 11 is 0. The number of hydrogen-bond acceptors (Lipinski definition) is 3. The number of nitrogens with zero attached hydrogens (tertiary/aromatic N) is 2. The summed E-state index contributed by atoms with van der Waals surface area (Å²) in [5, 5.41) is 3.13. The van der Waals surface area contributed by atoms with Crippen molar-refractivity contribution < 1.29 is 22.8 Å². The molecule has 8 heteroatoms. The van der Waals surface area contributed by atoms with Gasteiger partial charge in [-0.25, -0.2) is 0 Å². The molecule has 0 aliphatic carbocycles. The normalized spacial score (nSPS) is 27.2. The van der Waals surface area contributed by atoms with E-state index in [1.165, 1.54) is 0 Å². The maximum atomic E-state index is 12.3. The highest BCUT2D eigenvalue weighted by Gasteiger charge is 2.42. The van der Waals surface area contributed by atoms with Crippen LogP contribution in [0.25, 0.3) is 0 Å². The van der Waals surface area contributed by atoms with Gasteiger partial charge < -0.3 is 15.1 Å². The fourth-order valence-corrected chi connectivity index (χ4v) is 2.74. The number of amides is 2. The van der Waals surface area contributed by atoms with E-state index >= 15 is 0 Å². The second-order valence-electron chi connectivity index (χ2n) is 5.39. The topological polar surface area (TPSA) is 52.7 Å². The molecule has 2 aliphatic rings. The summed E-state index contributed by atoms with van der Waals surface area (Å²) in [4.78, 5) is 26.1. The number of halogens is 3. The van der Waals surface area contributed by atoms with Gasteiger partial charge in [0.25, 0.3) is 0 Å². The molecule has 20 heavy (non-hydrogen) atoms. The van der Waals surface area contributed by atoms with Crippen LogP contribution >= 0.6 is 0 Å². The summed E-state index contributed by atoms with van der Waals surface area (Å²) in [7, 11) is 1.65. The lowest BCUT2D eigenvalue weighted by atomic mass is 10.1. The van der Waals surface area contributed by atoms with Crippen molar-refractivity contribution in [2.75, 3.05) is 33.2 Å². The second kappa shape index (κ2) is 5.59. The Kier molecular flexibility index (Phi) is 4.22. The van der Waals surface area contributed by atoms with Gasteiger partial charge in [-0.3, -0.25) is 9.59 Å². The van der Waals surface area contributed by atoms with Crippen LogP contribution in [0.1, 0.15) is 12.8 Å². The Balaban J connectivity index is 1.93. The monoisotopic (exact) mass is 293 g/mol. The van der Waals surface area contributed by atoms with Gasteiger partial charge in [0.05, 0.1) is 5.92 Å². The molecule has 2 saturated heterocycles. The standard InChI is InChI=1S/C12H18F3N3O2/c1-17(9-2-3-16-5-9)11(20)8-4-10(19)18(6-8)7-12(13,14)15/h8-9,16H,2-7H2,1H3/t8-,9-/m1/s1. The highest BCUT2D eigenvalue weighted by Crippen LogP contribution is 2.25. The zero-order chi connectivity index (χ0) is 14.9. The van der Waals surface area contributed by atoms with Crippen molar-refractivity contribution in [3.63, 3.8) is 0 Å². The molecule has 2 heterocycles. The first-order valence-electron chi connectivity index (χ1n) is 6.60. The SMILES string of the molecule is CN(C(=O)[C@@H]1CC(=O)N(CC(F)(F)F)C1)[C@@H]1CCNC1. The maximum Gasteiger partial charge on any atom is 0.406 e. The third-order valence-corrected chi connectivity index (χ3v) is 3.86. The van der Waals surface area contributed by atoms with Crippen LogP contribution in [0.4, 0.5) is 13.2 Å². The lowest BCUT2D eigenvalue weighted by Crippen LogP contribution is -2.43. The Morgan fingerprint density at radius 3 is 2.75 bits per heavy atom. The molecule has 0 spiro atoms. The molecule has 0 aromatic heterocycles. The molecular weight excluding hydrogens is 275 g/mol. The van der Waals surface area contributed by atoms with E-state index in [1.54, 1.807) is 11.9 Å². The second-order valence-corrected chi connectivity index (χ2v) is 5.39. The van der Waals surface area contributed by atoms with Crippen molar-refractivity contribution in [3.05, 3.63) is 0 Å². The predicted octanol–water partition coefficient (Wildman–Crippen LogP) is 0.218. The molecule has 0 aromatic rings. The Morgan fingerprint density at radius 2 is 2.20 bits per heavy atom. The molecule has 2 fully saturated rings. The van der Waals surface area contributed by atoms with Crippen molar-refractivity contribution in [2.45, 2.75) is 25.1 Å². The zero-order valence-electron chi connectivity index (χ0n) is 11.2. The molecule has 0 unspecified atom stereocenters. The average Bonchev–Trinajstić information content (AvgIpc) is 2.96. The fraction of sp³-hybridized carbons (Fsp3) is 0.833. The van der Waals surface area contributed by atoms with E-state index in [2.05, 4.69) is 5.32 Å². The van der Waals surface area contributed by atoms with E-state index in [4.69, 9.17) is 0 Å². The van der Waals surface area contributed by atoms with Crippen molar-refractivity contribution in [1.29, 1.82) is 0 Å². The lowest BCUT2D eigenvalue weighted by Gasteiger charge is -2.26. The van der Waals surface area contributed by atoms with Gasteiger partial charge in [-0.2, -0.15) is 13.2 Å². The minimum absolute atomic E-state index is 0.0641. The largest absolute Gasteiger partial charge is 0.406 e. The third-order valence-electron chi connectivity index (χ3n) is 3.86. The van der Waals surface area contributed by atoms with Crippen LogP contribution in [-0.4, -0.2) is 67.1 Å². The molecule has 2 rings (SSSR count). The van der Waals surface area contributed by atoms with Gasteiger partial charge in [0.2, 0.25) is 11.8 Å². The van der Waals surface area contributed by atoms with Crippen LogP contribution in [-0.2, 0) is 9.59 Å². The van der Waals surface area contributed by atoms with Crippen LogP contribution in [0.15, 0.2) is 0 Å². The van der Waals surface area contributed by atoms with Crippen molar-refractivity contribution in [3.8, 4) is 0 Å². The first-order chi connectivity index (χ1) is 9.28. The molecular formula is C12H18F3N3O2. The summed E-state index contributed by atoms with van der Waals surface area (Å²) in [6, 6.07) is 0.0641. The summed E-state index contributed by atoms with van der Waals surface area (Å²) in [6.45, 7) is 0.104. The van der Waals surface area contributed by atoms with Gasteiger partial charge in [-0.1, -0.05) is 0 Å². The summed E-state index contributed by atoms with van der Waals surface area (Å²) in [6.07, 6.45) is -3.72. The number of alkyl halides is 3. The van der Waals surface area contributed by atoms with Crippen LogP contribution in [0.3, 0.4) is 0 Å². The van der Waals surface area contributed by atoms with Crippen molar-refractivity contribution in [1.82, 2.24) is 15.1 Å². The summed E-state index contributed by atoms with van der Waals surface area (Å²) in [5.74, 6) is -1.49. The van der Waals surface area contributed by atoms with E-state index in [0.29, 0.717) is 6.54 Å². The third kappa shape index (κ3) is 3.41. The van der Waals surface area contributed by atoms with E-state index in [0.717, 1.165) is 17.9 Å². The molecule has 0 bridgehead atoms. The van der Waals surface area contributed by atoms with Gasteiger partial charge in [0.1, 0.15) is 6.54 Å². The number of rotatable bonds is 3. The molecule has 114 valence electrons. The van der Waals surface area contributed by atoms with Crippen LogP contribution in [0, 0.1) is 5.92 Å². The van der Waals surface area contributed by atoms with Gasteiger partial charge in [0, 0.05) is 32.6 Å². The van der Waals surface area contributed by atoms with Crippen LogP contribution in [0.5, 0.6) is 0 Å². The first-order valence-corrected chi connectivity index (χ1v) is 6.60. The van der Waals surface area contributed by atoms with Gasteiger partial charge in [-0.05, 0) is 13.0 Å². The van der Waals surface area contributed by atoms with E-state index < -0.39 is 24.5 Å². The van der Waals surface area contributed by atoms with Crippen LogP contribution in [0.2, 0.25) is 0 Å². The quantitative estimate of drug-likeness (QED) is 0.810. The number of likely N-dealkylation sites (N-methyl/N-ethyl adjacent to an activating group) is 1. The smallest absolute Gasteiger partial charge is 0.341 e. The Hall–Kier alpha value is -1.31. The zero-order valence-corrected chi connectivity index (χ0v) is 11.2. The highest BCUT2D eigenvalue weighted by molar-refractivity contribution is 5.89. The van der Waals surface area contributed by atoms with Crippen molar-refractivity contribution in [2.24, 2.45) is 5.92 Å². The number of hydrogen-bond donors (Lipinski definition) is 1. The number of carbonyl (C=O) groups is 2. The van der Waals surface area contributed by atoms with E-state index in [1.807, 2.05) is 0 Å². The molecule has 0 radical (unpaired) electrons. The molecule has 2 aliphatic heterocycles. The Labute approximate surface area is 115 Å². The summed E-state index contributed by atoms with van der Waals surface area (Å²) in [5.41, 5.74) is 0. The van der Waals surface area contributed by atoms with E-state index in [-0.39, 0.29) is 24.9 Å². The van der Waals surface area contributed by atoms with Gasteiger partial charge in [-0.15, -0.1) is 0 Å². The summed E-state index contributed by atoms with van der Waals surface area (Å²) < 4.78 is 36.9. The minimum atomic E-state index is -4.42. The molecule has 2 amide bonds. The Morgan fingerprint density at radius 1 is 1.50 bits per heavy atom. The highest BCUT2D eigenvalue weighted by atomic mass is 19.4. The maximum absolute atomic E-state index is 12.3. The molecule has 2 atom stereocenters. The number of carbonyl (C=O) groups excluding carboxylic acids is 2. The fourth-order valence-electron chi connectivity index (χ4n) is 2.74.